The van der Waals surface area contributed by atoms with Gasteiger partial charge in [0.05, 0.1) is 5.69 Å². The van der Waals surface area contributed by atoms with E-state index in [1.54, 1.807) is 0 Å². The number of para-hydroxylation sites is 1. The van der Waals surface area contributed by atoms with Crippen LogP contribution >= 0.6 is 63.7 Å². The fourth-order valence-corrected chi connectivity index (χ4v) is 3.16. The van der Waals surface area contributed by atoms with Gasteiger partial charge in [0.25, 0.3) is 0 Å². The van der Waals surface area contributed by atoms with Gasteiger partial charge in [0.15, 0.2) is 0 Å². The normalized spacial score (nSPS) is 10.4. The van der Waals surface area contributed by atoms with Crippen molar-refractivity contribution < 1.29 is 0 Å². The highest BCUT2D eigenvalue weighted by Crippen LogP contribution is 2.34. The van der Waals surface area contributed by atoms with Gasteiger partial charge < -0.3 is 5.32 Å². The van der Waals surface area contributed by atoms with Crippen molar-refractivity contribution >= 4 is 75.1 Å². The Morgan fingerprint density at radius 2 is 1.35 bits per heavy atom. The molecule has 2 aromatic rings. The Bertz CT molecular complexity index is 534. The summed E-state index contributed by atoms with van der Waals surface area (Å²) in [4.78, 5) is 0. The first kappa shape index (κ1) is 13.6. The van der Waals surface area contributed by atoms with Gasteiger partial charge in [-0.1, -0.05) is 6.07 Å². The molecule has 0 radical (unpaired) electrons. The highest BCUT2D eigenvalue weighted by atomic mass is 79.9. The van der Waals surface area contributed by atoms with Crippen LogP contribution < -0.4 is 5.32 Å². The molecule has 1 nitrogen and oxygen atoms in total. The van der Waals surface area contributed by atoms with Crippen molar-refractivity contribution in [1.29, 1.82) is 0 Å². The average Bonchev–Trinajstić information content (AvgIpc) is 2.28. The standard InChI is InChI=1S/C12H7Br4N/c13-8-5-4-7(6-11(8)16)17-12-9(14)2-1-3-10(12)15/h1-6,17H. The third-order valence-electron chi connectivity index (χ3n) is 2.15. The molecule has 0 amide bonds. The molecule has 1 N–H and O–H groups in total. The smallest absolute Gasteiger partial charge is 0.0673 e. The molecule has 0 spiro atoms. The number of rotatable bonds is 2. The van der Waals surface area contributed by atoms with Gasteiger partial charge in [-0.05, 0) is 94.1 Å². The predicted molar refractivity (Wildman–Crippen MR) is 87.0 cm³/mol. The van der Waals surface area contributed by atoms with Gasteiger partial charge in [-0.25, -0.2) is 0 Å². The third kappa shape index (κ3) is 3.34. The Labute approximate surface area is 134 Å². The zero-order valence-corrected chi connectivity index (χ0v) is 14.8. The molecule has 0 bridgehead atoms. The summed E-state index contributed by atoms with van der Waals surface area (Å²) < 4.78 is 4.09. The van der Waals surface area contributed by atoms with E-state index in [9.17, 15) is 0 Å². The second-order valence-corrected chi connectivity index (χ2v) is 6.77. The van der Waals surface area contributed by atoms with Crippen LogP contribution in [0.4, 0.5) is 11.4 Å². The van der Waals surface area contributed by atoms with Gasteiger partial charge in [-0.2, -0.15) is 0 Å². The van der Waals surface area contributed by atoms with Crippen molar-refractivity contribution in [3.05, 3.63) is 54.3 Å². The van der Waals surface area contributed by atoms with Crippen LogP contribution in [0.25, 0.3) is 0 Å². The minimum atomic E-state index is 1.02. The lowest BCUT2D eigenvalue weighted by Gasteiger charge is -2.11. The fourth-order valence-electron chi connectivity index (χ4n) is 1.34. The van der Waals surface area contributed by atoms with Crippen molar-refractivity contribution in [2.75, 3.05) is 5.32 Å². The third-order valence-corrected chi connectivity index (χ3v) is 5.35. The van der Waals surface area contributed by atoms with Gasteiger partial charge in [0, 0.05) is 23.6 Å². The van der Waals surface area contributed by atoms with E-state index in [0.717, 1.165) is 29.3 Å². The number of benzene rings is 2. The summed E-state index contributed by atoms with van der Waals surface area (Å²) in [6.45, 7) is 0. The molecular formula is C12H7Br4N. The first-order chi connectivity index (χ1) is 8.08. The van der Waals surface area contributed by atoms with Crippen LogP contribution in [0, 0.1) is 0 Å². The summed E-state index contributed by atoms with van der Waals surface area (Å²) in [5.74, 6) is 0. The van der Waals surface area contributed by atoms with Crippen LogP contribution in [0.1, 0.15) is 0 Å². The quantitative estimate of drug-likeness (QED) is 0.514. The predicted octanol–water partition coefficient (Wildman–Crippen LogP) is 6.48. The maximum atomic E-state index is 3.52. The molecule has 0 aliphatic rings. The Morgan fingerprint density at radius 1 is 0.706 bits per heavy atom. The minimum Gasteiger partial charge on any atom is -0.354 e. The van der Waals surface area contributed by atoms with Gasteiger partial charge in [0.1, 0.15) is 0 Å². The van der Waals surface area contributed by atoms with Crippen LogP contribution in [0.15, 0.2) is 54.3 Å². The number of hydrogen-bond donors (Lipinski definition) is 1. The number of nitrogens with one attached hydrogen (secondary N) is 1. The highest BCUT2D eigenvalue weighted by molar-refractivity contribution is 9.13. The maximum absolute atomic E-state index is 3.52. The number of halogens is 4. The topological polar surface area (TPSA) is 12.0 Å². The van der Waals surface area contributed by atoms with Crippen LogP contribution in [0.2, 0.25) is 0 Å². The lowest BCUT2D eigenvalue weighted by atomic mass is 10.3. The Hall–Kier alpha value is 0.160. The SMILES string of the molecule is Brc1ccc(Nc2c(Br)cccc2Br)cc1Br. The lowest BCUT2D eigenvalue weighted by Crippen LogP contribution is -1.92. The number of hydrogen-bond acceptors (Lipinski definition) is 1. The van der Waals surface area contributed by atoms with Gasteiger partial charge in [0.2, 0.25) is 0 Å². The number of anilines is 2. The molecule has 17 heavy (non-hydrogen) atoms. The molecule has 0 aromatic heterocycles. The van der Waals surface area contributed by atoms with Crippen molar-refractivity contribution in [3.8, 4) is 0 Å². The van der Waals surface area contributed by atoms with E-state index in [4.69, 9.17) is 0 Å². The van der Waals surface area contributed by atoms with Crippen LogP contribution in [-0.4, -0.2) is 0 Å². The Morgan fingerprint density at radius 3 is 1.94 bits per heavy atom. The molecule has 0 saturated heterocycles. The molecule has 0 aliphatic heterocycles. The Balaban J connectivity index is 2.35. The molecule has 0 atom stereocenters. The van der Waals surface area contributed by atoms with E-state index in [1.165, 1.54) is 0 Å². The second-order valence-electron chi connectivity index (χ2n) is 3.35. The fraction of sp³-hybridized carbons (Fsp3) is 0. The van der Waals surface area contributed by atoms with Crippen LogP contribution in [-0.2, 0) is 0 Å². The van der Waals surface area contributed by atoms with Gasteiger partial charge >= 0.3 is 0 Å². The summed E-state index contributed by atoms with van der Waals surface area (Å²) in [6, 6.07) is 12.0. The summed E-state index contributed by atoms with van der Waals surface area (Å²) in [7, 11) is 0. The average molecular weight is 485 g/mol. The van der Waals surface area contributed by atoms with E-state index in [0.29, 0.717) is 0 Å². The van der Waals surface area contributed by atoms with E-state index in [-0.39, 0.29) is 0 Å². The van der Waals surface area contributed by atoms with Crippen LogP contribution in [0.5, 0.6) is 0 Å². The van der Waals surface area contributed by atoms with Crippen molar-refractivity contribution in [3.63, 3.8) is 0 Å². The summed E-state index contributed by atoms with van der Waals surface area (Å²) in [5.41, 5.74) is 2.04. The minimum absolute atomic E-state index is 1.02. The van der Waals surface area contributed by atoms with E-state index in [1.807, 2.05) is 36.4 Å². The molecule has 2 rings (SSSR count). The maximum Gasteiger partial charge on any atom is 0.0673 e. The zero-order chi connectivity index (χ0) is 12.4. The molecule has 0 saturated carbocycles. The molecule has 0 heterocycles. The molecule has 5 heteroatoms. The molecular weight excluding hydrogens is 478 g/mol. The van der Waals surface area contributed by atoms with Crippen molar-refractivity contribution in [2.45, 2.75) is 0 Å². The molecule has 2 aromatic carbocycles. The van der Waals surface area contributed by atoms with Crippen LogP contribution in [0.3, 0.4) is 0 Å². The molecule has 0 fully saturated rings. The highest BCUT2D eigenvalue weighted by Gasteiger charge is 2.05. The molecule has 0 unspecified atom stereocenters. The van der Waals surface area contributed by atoms with E-state index in [2.05, 4.69) is 69.0 Å². The summed E-state index contributed by atoms with van der Waals surface area (Å²) in [5, 5.41) is 3.36. The van der Waals surface area contributed by atoms with Crippen molar-refractivity contribution in [2.24, 2.45) is 0 Å². The molecule has 88 valence electrons. The monoisotopic (exact) mass is 481 g/mol. The zero-order valence-electron chi connectivity index (χ0n) is 8.48. The second kappa shape index (κ2) is 5.87. The lowest BCUT2D eigenvalue weighted by molar-refractivity contribution is 1.48. The largest absolute Gasteiger partial charge is 0.354 e. The molecule has 0 aliphatic carbocycles. The van der Waals surface area contributed by atoms with Gasteiger partial charge in [-0.3, -0.25) is 0 Å². The van der Waals surface area contributed by atoms with E-state index >= 15 is 0 Å². The Kier molecular flexibility index (Phi) is 4.69. The van der Waals surface area contributed by atoms with Gasteiger partial charge in [-0.15, -0.1) is 0 Å². The summed E-state index contributed by atoms with van der Waals surface area (Å²) in [6.07, 6.45) is 0. The first-order valence-electron chi connectivity index (χ1n) is 4.74. The first-order valence-corrected chi connectivity index (χ1v) is 7.91. The van der Waals surface area contributed by atoms with E-state index < -0.39 is 0 Å². The summed E-state index contributed by atoms with van der Waals surface area (Å²) >= 11 is 14.0. The van der Waals surface area contributed by atoms with Crippen molar-refractivity contribution in [1.82, 2.24) is 0 Å².